The van der Waals surface area contributed by atoms with Gasteiger partial charge in [-0.25, -0.2) is 4.98 Å². The Hall–Kier alpha value is -1.10. The first kappa shape index (κ1) is 17.9. The lowest BCUT2D eigenvalue weighted by Crippen LogP contribution is -2.19. The van der Waals surface area contributed by atoms with Crippen molar-refractivity contribution in [3.05, 3.63) is 29.1 Å². The summed E-state index contributed by atoms with van der Waals surface area (Å²) in [6.45, 7) is 10.4. The van der Waals surface area contributed by atoms with E-state index in [4.69, 9.17) is 0 Å². The smallest absolute Gasteiger partial charge is 0.386 e. The van der Waals surface area contributed by atoms with E-state index in [0.717, 1.165) is 6.07 Å². The first-order chi connectivity index (χ1) is 8.51. The first-order valence-electron chi connectivity index (χ1n) is 6.34. The molecule has 1 aromatic heterocycles. The molecule has 0 bridgehead atoms. The molecule has 0 amide bonds. The molecule has 0 saturated heterocycles. The quantitative estimate of drug-likeness (QED) is 0.864. The van der Waals surface area contributed by atoms with Gasteiger partial charge in [-0.15, -0.1) is 0 Å². The molecule has 1 N–H and O–H groups in total. The average molecular weight is 277 g/mol. The molecule has 0 spiro atoms. The number of halogens is 3. The van der Waals surface area contributed by atoms with Gasteiger partial charge >= 0.3 is 6.18 Å². The Kier molecular flexibility index (Phi) is 6.00. The number of pyridine rings is 1. The first-order valence-corrected chi connectivity index (χ1v) is 6.34. The maximum atomic E-state index is 12.7. The average Bonchev–Trinajstić information content (AvgIpc) is 2.28. The summed E-state index contributed by atoms with van der Waals surface area (Å²) < 4.78 is 38.0. The lowest BCUT2D eigenvalue weighted by molar-refractivity contribution is -0.141. The minimum Gasteiger partial charge on any atom is -0.386 e. The van der Waals surface area contributed by atoms with E-state index in [1.807, 2.05) is 13.8 Å². The van der Waals surface area contributed by atoms with Gasteiger partial charge in [-0.05, 0) is 37.5 Å². The zero-order valence-corrected chi connectivity index (χ0v) is 12.3. The van der Waals surface area contributed by atoms with E-state index in [9.17, 15) is 18.3 Å². The third-order valence-corrected chi connectivity index (χ3v) is 2.43. The monoisotopic (exact) mass is 277 g/mol. The van der Waals surface area contributed by atoms with Crippen LogP contribution in [0.5, 0.6) is 0 Å². The molecule has 0 atom stereocenters. The van der Waals surface area contributed by atoms with E-state index in [2.05, 4.69) is 4.98 Å². The largest absolute Gasteiger partial charge is 0.433 e. The molecule has 2 nitrogen and oxygen atoms in total. The molecule has 0 saturated carbocycles. The fraction of sp³-hybridized carbons (Fsp3) is 0.643. The summed E-state index contributed by atoms with van der Waals surface area (Å²) in [6, 6.07) is 2.41. The van der Waals surface area contributed by atoms with E-state index in [-0.39, 0.29) is 11.5 Å². The minimum atomic E-state index is -4.50. The summed E-state index contributed by atoms with van der Waals surface area (Å²) in [5.74, 6) is -0.126. The van der Waals surface area contributed by atoms with E-state index >= 15 is 0 Å². The predicted molar refractivity (Wildman–Crippen MR) is 69.9 cm³/mol. The zero-order valence-electron chi connectivity index (χ0n) is 12.3. The SMILES string of the molecule is CC.CC(C)c1cc(C(C)(C)O)cc(C(F)(F)F)n1. The highest BCUT2D eigenvalue weighted by Gasteiger charge is 2.34. The Balaban J connectivity index is 0.00000154. The van der Waals surface area contributed by atoms with Crippen molar-refractivity contribution in [2.24, 2.45) is 0 Å². The van der Waals surface area contributed by atoms with Crippen LogP contribution in [0.15, 0.2) is 12.1 Å². The fourth-order valence-corrected chi connectivity index (χ4v) is 1.35. The number of rotatable bonds is 2. The number of aromatic nitrogens is 1. The molecular formula is C14H22F3NO. The summed E-state index contributed by atoms with van der Waals surface area (Å²) in [4.78, 5) is 3.58. The summed E-state index contributed by atoms with van der Waals surface area (Å²) in [6.07, 6.45) is -4.50. The summed E-state index contributed by atoms with van der Waals surface area (Å²) in [5, 5.41) is 9.79. The molecule has 0 aliphatic heterocycles. The zero-order chi connectivity index (χ0) is 15.4. The number of hydrogen-bond donors (Lipinski definition) is 1. The van der Waals surface area contributed by atoms with Gasteiger partial charge in [-0.2, -0.15) is 13.2 Å². The van der Waals surface area contributed by atoms with E-state index in [1.54, 1.807) is 13.8 Å². The van der Waals surface area contributed by atoms with Crippen LogP contribution < -0.4 is 0 Å². The normalized spacial score (nSPS) is 12.2. The number of aliphatic hydroxyl groups is 1. The third-order valence-electron chi connectivity index (χ3n) is 2.43. The summed E-state index contributed by atoms with van der Waals surface area (Å²) in [7, 11) is 0. The molecule has 1 heterocycles. The molecule has 0 unspecified atom stereocenters. The van der Waals surface area contributed by atoms with Crippen molar-refractivity contribution in [3.8, 4) is 0 Å². The van der Waals surface area contributed by atoms with Crippen LogP contribution in [0.2, 0.25) is 0 Å². The fourth-order valence-electron chi connectivity index (χ4n) is 1.35. The van der Waals surface area contributed by atoms with Gasteiger partial charge in [-0.1, -0.05) is 27.7 Å². The number of nitrogens with zero attached hydrogens (tertiary/aromatic N) is 1. The van der Waals surface area contributed by atoms with Crippen LogP contribution in [0.25, 0.3) is 0 Å². The lowest BCUT2D eigenvalue weighted by Gasteiger charge is -2.21. The van der Waals surface area contributed by atoms with Crippen molar-refractivity contribution < 1.29 is 18.3 Å². The number of alkyl halides is 3. The van der Waals surface area contributed by atoms with Gasteiger partial charge in [0, 0.05) is 5.69 Å². The van der Waals surface area contributed by atoms with Gasteiger partial charge in [0.25, 0.3) is 0 Å². The Morgan fingerprint density at radius 2 is 1.58 bits per heavy atom. The van der Waals surface area contributed by atoms with Gasteiger partial charge < -0.3 is 5.11 Å². The maximum absolute atomic E-state index is 12.7. The molecule has 1 aromatic rings. The molecular weight excluding hydrogens is 255 g/mol. The second-order valence-electron chi connectivity index (χ2n) is 4.88. The van der Waals surface area contributed by atoms with Crippen LogP contribution in [0.3, 0.4) is 0 Å². The molecule has 0 aromatic carbocycles. The minimum absolute atomic E-state index is 0.126. The highest BCUT2D eigenvalue weighted by molar-refractivity contribution is 5.28. The van der Waals surface area contributed by atoms with Crippen molar-refractivity contribution in [1.29, 1.82) is 0 Å². The predicted octanol–water partition coefficient (Wildman–Crippen LogP) is 4.48. The Morgan fingerprint density at radius 3 is 1.89 bits per heavy atom. The molecule has 19 heavy (non-hydrogen) atoms. The second kappa shape index (κ2) is 6.37. The van der Waals surface area contributed by atoms with E-state index in [1.165, 1.54) is 19.9 Å². The van der Waals surface area contributed by atoms with Crippen molar-refractivity contribution in [3.63, 3.8) is 0 Å². The standard InChI is InChI=1S/C12H16F3NO.C2H6/c1-7(2)9-5-8(11(3,4)17)6-10(16-9)12(13,14)15;1-2/h5-7,17H,1-4H3;1-2H3. The van der Waals surface area contributed by atoms with Crippen LogP contribution >= 0.6 is 0 Å². The van der Waals surface area contributed by atoms with Crippen molar-refractivity contribution in [2.75, 3.05) is 0 Å². The third kappa shape index (κ3) is 5.19. The molecule has 0 radical (unpaired) electrons. The van der Waals surface area contributed by atoms with Gasteiger partial charge in [0.15, 0.2) is 0 Å². The molecule has 0 fully saturated rings. The van der Waals surface area contributed by atoms with Crippen LogP contribution in [-0.4, -0.2) is 10.1 Å². The molecule has 0 aliphatic carbocycles. The Labute approximate surface area is 112 Å². The van der Waals surface area contributed by atoms with Crippen molar-refractivity contribution in [2.45, 2.75) is 59.2 Å². The molecule has 110 valence electrons. The van der Waals surface area contributed by atoms with Crippen LogP contribution in [-0.2, 0) is 11.8 Å². The van der Waals surface area contributed by atoms with E-state index in [0.29, 0.717) is 5.69 Å². The van der Waals surface area contributed by atoms with Crippen LogP contribution in [0, 0.1) is 0 Å². The second-order valence-corrected chi connectivity index (χ2v) is 4.88. The molecule has 0 aliphatic rings. The summed E-state index contributed by atoms with van der Waals surface area (Å²) in [5.41, 5.74) is -1.71. The molecule has 5 heteroatoms. The van der Waals surface area contributed by atoms with Crippen molar-refractivity contribution >= 4 is 0 Å². The lowest BCUT2D eigenvalue weighted by atomic mass is 9.95. The van der Waals surface area contributed by atoms with Gasteiger partial charge in [0.1, 0.15) is 5.69 Å². The van der Waals surface area contributed by atoms with E-state index < -0.39 is 17.5 Å². The van der Waals surface area contributed by atoms with Crippen LogP contribution in [0.4, 0.5) is 13.2 Å². The Bertz CT molecular complexity index is 374. The highest BCUT2D eigenvalue weighted by Crippen LogP contribution is 2.32. The van der Waals surface area contributed by atoms with Gasteiger partial charge in [0.05, 0.1) is 5.60 Å². The summed E-state index contributed by atoms with van der Waals surface area (Å²) >= 11 is 0. The maximum Gasteiger partial charge on any atom is 0.433 e. The number of hydrogen-bond acceptors (Lipinski definition) is 2. The van der Waals surface area contributed by atoms with Crippen LogP contribution in [0.1, 0.15) is 64.4 Å². The highest BCUT2D eigenvalue weighted by atomic mass is 19.4. The topological polar surface area (TPSA) is 33.1 Å². The van der Waals surface area contributed by atoms with Gasteiger partial charge in [-0.3, -0.25) is 0 Å². The van der Waals surface area contributed by atoms with Crippen molar-refractivity contribution in [1.82, 2.24) is 4.98 Å². The van der Waals surface area contributed by atoms with Gasteiger partial charge in [0.2, 0.25) is 0 Å². The molecule has 1 rings (SSSR count). The Morgan fingerprint density at radius 1 is 1.11 bits per heavy atom.